The molecule has 2 aromatic rings. The van der Waals surface area contributed by atoms with Gasteiger partial charge in [0.05, 0.1) is 0 Å². The van der Waals surface area contributed by atoms with Crippen molar-refractivity contribution in [1.82, 2.24) is 14.7 Å². The number of nitrogens with zero attached hydrogens (tertiary/aromatic N) is 2. The van der Waals surface area contributed by atoms with Gasteiger partial charge in [-0.2, -0.15) is 9.36 Å². The third kappa shape index (κ3) is 2.74. The summed E-state index contributed by atoms with van der Waals surface area (Å²) in [5.74, 6) is 0.784. The largest absolute Gasteiger partial charge is 0.430 e. The number of nitrogens with one attached hydrogen (secondary N) is 1. The first-order valence-corrected chi connectivity index (χ1v) is 5.34. The molecule has 0 spiro atoms. The second-order valence-corrected chi connectivity index (χ2v) is 3.73. The lowest BCUT2D eigenvalue weighted by molar-refractivity contribution is 0.478. The zero-order chi connectivity index (χ0) is 10.5. The molecule has 0 aliphatic carbocycles. The van der Waals surface area contributed by atoms with Crippen molar-refractivity contribution in [3.63, 3.8) is 0 Å². The van der Waals surface area contributed by atoms with Crippen LogP contribution in [-0.4, -0.2) is 16.4 Å². The molecule has 0 aliphatic rings. The SMILES string of the molecule is CNCc1ccc(Oc2ncns2)cc1. The van der Waals surface area contributed by atoms with Gasteiger partial charge in [-0.15, -0.1) is 0 Å². The minimum absolute atomic E-state index is 0.566. The molecular formula is C10H11N3OS. The predicted molar refractivity (Wildman–Crippen MR) is 59.2 cm³/mol. The third-order valence-corrected chi connectivity index (χ3v) is 2.40. The number of aromatic nitrogens is 2. The Balaban J connectivity index is 2.04. The highest BCUT2D eigenvalue weighted by Gasteiger charge is 1.99. The summed E-state index contributed by atoms with van der Waals surface area (Å²) in [4.78, 5) is 3.94. The van der Waals surface area contributed by atoms with Gasteiger partial charge in [0.15, 0.2) is 0 Å². The molecule has 0 saturated heterocycles. The summed E-state index contributed by atoms with van der Waals surface area (Å²) in [6, 6.07) is 7.89. The molecule has 0 atom stereocenters. The van der Waals surface area contributed by atoms with Crippen LogP contribution in [0.3, 0.4) is 0 Å². The Morgan fingerprint density at radius 2 is 2.13 bits per heavy atom. The summed E-state index contributed by atoms with van der Waals surface area (Å²) >= 11 is 1.24. The van der Waals surface area contributed by atoms with Gasteiger partial charge >= 0.3 is 0 Å². The van der Waals surface area contributed by atoms with E-state index in [1.165, 1.54) is 23.4 Å². The third-order valence-electron chi connectivity index (χ3n) is 1.85. The summed E-state index contributed by atoms with van der Waals surface area (Å²) in [7, 11) is 1.92. The van der Waals surface area contributed by atoms with E-state index in [0.29, 0.717) is 5.19 Å². The lowest BCUT2D eigenvalue weighted by atomic mass is 10.2. The number of ether oxygens (including phenoxy) is 1. The van der Waals surface area contributed by atoms with E-state index in [-0.39, 0.29) is 0 Å². The summed E-state index contributed by atoms with van der Waals surface area (Å²) in [5, 5.41) is 3.65. The summed E-state index contributed by atoms with van der Waals surface area (Å²) in [6.07, 6.45) is 1.48. The molecule has 78 valence electrons. The molecule has 4 nitrogen and oxygen atoms in total. The van der Waals surface area contributed by atoms with Gasteiger partial charge in [-0.1, -0.05) is 12.1 Å². The summed E-state index contributed by atoms with van der Waals surface area (Å²) in [5.41, 5.74) is 1.22. The van der Waals surface area contributed by atoms with E-state index in [0.717, 1.165) is 12.3 Å². The van der Waals surface area contributed by atoms with Crippen molar-refractivity contribution in [3.05, 3.63) is 36.2 Å². The Bertz CT molecular complexity index is 399. The van der Waals surface area contributed by atoms with Gasteiger partial charge < -0.3 is 10.1 Å². The van der Waals surface area contributed by atoms with Crippen LogP contribution in [0.2, 0.25) is 0 Å². The minimum Gasteiger partial charge on any atom is -0.430 e. The van der Waals surface area contributed by atoms with Crippen LogP contribution in [0.25, 0.3) is 0 Å². The highest BCUT2D eigenvalue weighted by molar-refractivity contribution is 7.07. The maximum Gasteiger partial charge on any atom is 0.298 e. The zero-order valence-corrected chi connectivity index (χ0v) is 9.12. The fraction of sp³-hybridized carbons (Fsp3) is 0.200. The van der Waals surface area contributed by atoms with Gasteiger partial charge in [0, 0.05) is 18.1 Å². The molecule has 15 heavy (non-hydrogen) atoms. The van der Waals surface area contributed by atoms with E-state index in [9.17, 15) is 0 Å². The molecule has 1 aromatic carbocycles. The topological polar surface area (TPSA) is 47.0 Å². The van der Waals surface area contributed by atoms with Crippen LogP contribution in [-0.2, 0) is 6.54 Å². The fourth-order valence-electron chi connectivity index (χ4n) is 1.19. The van der Waals surface area contributed by atoms with E-state index in [2.05, 4.69) is 14.7 Å². The van der Waals surface area contributed by atoms with Gasteiger partial charge in [-0.3, -0.25) is 0 Å². The molecule has 1 heterocycles. The predicted octanol–water partition coefficient (Wildman–Crippen LogP) is 2.05. The average Bonchev–Trinajstić information content (AvgIpc) is 2.74. The highest BCUT2D eigenvalue weighted by atomic mass is 32.1. The lowest BCUT2D eigenvalue weighted by Crippen LogP contribution is -2.04. The van der Waals surface area contributed by atoms with Gasteiger partial charge in [0.2, 0.25) is 0 Å². The van der Waals surface area contributed by atoms with E-state index in [4.69, 9.17) is 4.74 Å². The molecule has 0 aliphatic heterocycles. The Labute approximate surface area is 92.1 Å². The van der Waals surface area contributed by atoms with E-state index >= 15 is 0 Å². The Morgan fingerprint density at radius 1 is 1.33 bits per heavy atom. The Morgan fingerprint density at radius 3 is 2.73 bits per heavy atom. The van der Waals surface area contributed by atoms with E-state index in [1.54, 1.807) is 0 Å². The average molecular weight is 221 g/mol. The second-order valence-electron chi connectivity index (χ2n) is 2.98. The number of hydrogen-bond donors (Lipinski definition) is 1. The Kier molecular flexibility index (Phi) is 3.26. The van der Waals surface area contributed by atoms with Crippen molar-refractivity contribution >= 4 is 11.5 Å². The van der Waals surface area contributed by atoms with Crippen molar-refractivity contribution < 1.29 is 4.74 Å². The van der Waals surface area contributed by atoms with Gasteiger partial charge in [0.25, 0.3) is 5.19 Å². The van der Waals surface area contributed by atoms with Crippen molar-refractivity contribution in [2.24, 2.45) is 0 Å². The molecule has 0 bridgehead atoms. The fourth-order valence-corrected chi connectivity index (χ4v) is 1.60. The Hall–Kier alpha value is -1.46. The molecule has 1 aromatic heterocycles. The molecular weight excluding hydrogens is 210 g/mol. The number of rotatable bonds is 4. The van der Waals surface area contributed by atoms with Crippen LogP contribution in [0.4, 0.5) is 0 Å². The molecule has 0 unspecified atom stereocenters. The van der Waals surface area contributed by atoms with Crippen LogP contribution in [0.15, 0.2) is 30.6 Å². The quantitative estimate of drug-likeness (QED) is 0.858. The normalized spacial score (nSPS) is 10.2. The van der Waals surface area contributed by atoms with Crippen molar-refractivity contribution in [2.45, 2.75) is 6.54 Å². The molecule has 2 rings (SSSR count). The summed E-state index contributed by atoms with van der Waals surface area (Å²) < 4.78 is 9.34. The molecule has 0 saturated carbocycles. The van der Waals surface area contributed by atoms with Gasteiger partial charge in [-0.25, -0.2) is 0 Å². The second kappa shape index (κ2) is 4.86. The van der Waals surface area contributed by atoms with Crippen LogP contribution in [0.5, 0.6) is 10.9 Å². The molecule has 1 N–H and O–H groups in total. The number of benzene rings is 1. The first kappa shape index (κ1) is 10.1. The van der Waals surface area contributed by atoms with Gasteiger partial charge in [-0.05, 0) is 24.7 Å². The highest BCUT2D eigenvalue weighted by Crippen LogP contribution is 2.21. The van der Waals surface area contributed by atoms with Gasteiger partial charge in [0.1, 0.15) is 12.1 Å². The van der Waals surface area contributed by atoms with Crippen LogP contribution < -0.4 is 10.1 Å². The summed E-state index contributed by atoms with van der Waals surface area (Å²) in [6.45, 7) is 0.860. The standard InChI is InChI=1S/C10H11N3OS/c1-11-6-8-2-4-9(5-3-8)14-10-12-7-13-15-10/h2-5,7,11H,6H2,1H3. The minimum atomic E-state index is 0.566. The maximum absolute atomic E-state index is 5.48. The van der Waals surface area contributed by atoms with E-state index < -0.39 is 0 Å². The first-order valence-electron chi connectivity index (χ1n) is 4.56. The first-order chi connectivity index (χ1) is 7.38. The molecule has 0 radical (unpaired) electrons. The maximum atomic E-state index is 5.48. The van der Waals surface area contributed by atoms with Crippen molar-refractivity contribution in [2.75, 3.05) is 7.05 Å². The van der Waals surface area contributed by atoms with E-state index in [1.807, 2.05) is 31.3 Å². The van der Waals surface area contributed by atoms with Crippen LogP contribution in [0.1, 0.15) is 5.56 Å². The van der Waals surface area contributed by atoms with Crippen molar-refractivity contribution in [3.8, 4) is 10.9 Å². The molecule has 5 heteroatoms. The smallest absolute Gasteiger partial charge is 0.298 e. The zero-order valence-electron chi connectivity index (χ0n) is 8.30. The van der Waals surface area contributed by atoms with Crippen LogP contribution in [0, 0.1) is 0 Å². The van der Waals surface area contributed by atoms with Crippen LogP contribution >= 0.6 is 11.5 Å². The molecule has 0 amide bonds. The number of hydrogen-bond acceptors (Lipinski definition) is 5. The molecule has 0 fully saturated rings. The lowest BCUT2D eigenvalue weighted by Gasteiger charge is -2.03. The van der Waals surface area contributed by atoms with Crippen molar-refractivity contribution in [1.29, 1.82) is 0 Å². The monoisotopic (exact) mass is 221 g/mol.